The molecule has 0 radical (unpaired) electrons. The summed E-state index contributed by atoms with van der Waals surface area (Å²) in [5.41, 5.74) is 13.6. The number of hydrogen-bond acceptors (Lipinski definition) is 1. The zero-order valence-corrected chi connectivity index (χ0v) is 29.8. The number of rotatable bonds is 4. The Hall–Kier alpha value is -7.36. The Balaban J connectivity index is 0.997. The highest BCUT2D eigenvalue weighted by Gasteiger charge is 2.18. The molecule has 0 aliphatic rings. The molecular formula is C52H32N2O. The van der Waals surface area contributed by atoms with E-state index in [9.17, 15) is 0 Å². The maximum atomic E-state index is 6.38. The summed E-state index contributed by atoms with van der Waals surface area (Å²) in [6.45, 7) is 0. The van der Waals surface area contributed by atoms with E-state index < -0.39 is 0 Å². The molecule has 0 N–H and O–H groups in total. The van der Waals surface area contributed by atoms with Crippen molar-refractivity contribution in [3.8, 4) is 33.6 Å². The quantitative estimate of drug-likeness (QED) is 0.179. The minimum Gasteiger partial charge on any atom is -0.455 e. The van der Waals surface area contributed by atoms with Gasteiger partial charge in [0.05, 0.1) is 22.1 Å². The number of benzene rings is 9. The molecule has 0 aliphatic heterocycles. The Morgan fingerprint density at radius 2 is 0.855 bits per heavy atom. The van der Waals surface area contributed by atoms with E-state index in [2.05, 4.69) is 191 Å². The Bertz CT molecular complexity index is 3470. The molecule has 3 heteroatoms. The molecule has 9 aromatic carbocycles. The minimum atomic E-state index is 0.915. The summed E-state index contributed by atoms with van der Waals surface area (Å²) in [5.74, 6) is 0. The van der Waals surface area contributed by atoms with Gasteiger partial charge in [0.25, 0.3) is 0 Å². The molecule has 256 valence electrons. The standard InChI is InChI=1S/C52H32N2O/c1-2-13-38(14-3-1)54-49-28-24-37(31-45(49)46-29-34-11-4-5-12-35(34)32-50(46)54)36-23-27-48-44(30-36)41-15-6-8-19-47(41)53(48)39-25-21-33(22-26-39)40-17-10-18-43-42-16-7-9-20-51(42)55-52(40)43/h1-32H. The molecule has 3 heterocycles. The first kappa shape index (κ1) is 30.1. The van der Waals surface area contributed by atoms with Crippen LogP contribution in [0.15, 0.2) is 199 Å². The van der Waals surface area contributed by atoms with Gasteiger partial charge in [-0.2, -0.15) is 0 Å². The van der Waals surface area contributed by atoms with Crippen molar-refractivity contribution in [3.63, 3.8) is 0 Å². The third-order valence-corrected chi connectivity index (χ3v) is 11.5. The Morgan fingerprint density at radius 3 is 1.64 bits per heavy atom. The smallest absolute Gasteiger partial charge is 0.143 e. The van der Waals surface area contributed by atoms with Gasteiger partial charge in [-0.3, -0.25) is 0 Å². The van der Waals surface area contributed by atoms with Crippen molar-refractivity contribution < 1.29 is 4.42 Å². The first-order valence-corrected chi connectivity index (χ1v) is 18.8. The first-order valence-electron chi connectivity index (χ1n) is 18.8. The van der Waals surface area contributed by atoms with Crippen molar-refractivity contribution in [1.82, 2.24) is 9.13 Å². The van der Waals surface area contributed by atoms with Crippen LogP contribution in [0.5, 0.6) is 0 Å². The molecule has 0 saturated heterocycles. The predicted molar refractivity (Wildman–Crippen MR) is 231 cm³/mol. The van der Waals surface area contributed by atoms with Crippen LogP contribution in [0.2, 0.25) is 0 Å². The molecule has 12 aromatic rings. The molecule has 0 aliphatic carbocycles. The fourth-order valence-corrected chi connectivity index (χ4v) is 8.94. The Labute approximate surface area is 316 Å². The highest BCUT2D eigenvalue weighted by atomic mass is 16.3. The lowest BCUT2D eigenvalue weighted by Gasteiger charge is -2.10. The van der Waals surface area contributed by atoms with E-state index in [0.29, 0.717) is 0 Å². The summed E-state index contributed by atoms with van der Waals surface area (Å²) in [7, 11) is 0. The van der Waals surface area contributed by atoms with E-state index in [1.165, 1.54) is 71.2 Å². The van der Waals surface area contributed by atoms with Crippen molar-refractivity contribution in [1.29, 1.82) is 0 Å². The summed E-state index contributed by atoms with van der Waals surface area (Å²) in [5, 5.41) is 9.78. The second-order valence-corrected chi connectivity index (χ2v) is 14.5. The predicted octanol–water partition coefficient (Wildman–Crippen LogP) is 14.3. The largest absolute Gasteiger partial charge is 0.455 e. The monoisotopic (exact) mass is 700 g/mol. The van der Waals surface area contributed by atoms with E-state index in [0.717, 1.165) is 38.8 Å². The van der Waals surface area contributed by atoms with E-state index in [4.69, 9.17) is 4.42 Å². The number of fused-ring (bicyclic) bond motifs is 10. The van der Waals surface area contributed by atoms with Crippen LogP contribution in [0, 0.1) is 0 Å². The lowest BCUT2D eigenvalue weighted by molar-refractivity contribution is 0.670. The molecule has 55 heavy (non-hydrogen) atoms. The number of para-hydroxylation sites is 4. The van der Waals surface area contributed by atoms with Gasteiger partial charge in [0, 0.05) is 49.3 Å². The number of nitrogens with zero attached hydrogens (tertiary/aromatic N) is 2. The van der Waals surface area contributed by atoms with E-state index in [1.54, 1.807) is 0 Å². The van der Waals surface area contributed by atoms with E-state index in [1.807, 2.05) is 12.1 Å². The molecule has 0 spiro atoms. The fourth-order valence-electron chi connectivity index (χ4n) is 8.94. The SMILES string of the molecule is c1ccc(-n2c3ccc(-c4ccc5c(c4)c4ccccc4n5-c4ccc(-c5cccc6c5oc5ccccc56)cc4)cc3c3cc4ccccc4cc32)cc1. The van der Waals surface area contributed by atoms with Crippen LogP contribution in [0.3, 0.4) is 0 Å². The first-order chi connectivity index (χ1) is 27.3. The van der Waals surface area contributed by atoms with Gasteiger partial charge in [-0.15, -0.1) is 0 Å². The molecule has 3 nitrogen and oxygen atoms in total. The molecule has 3 aromatic heterocycles. The summed E-state index contributed by atoms with van der Waals surface area (Å²) in [4.78, 5) is 0. The zero-order chi connectivity index (χ0) is 36.0. The van der Waals surface area contributed by atoms with Crippen LogP contribution in [0.1, 0.15) is 0 Å². The van der Waals surface area contributed by atoms with Gasteiger partial charge in [0.15, 0.2) is 0 Å². The van der Waals surface area contributed by atoms with Crippen molar-refractivity contribution in [2.75, 3.05) is 0 Å². The van der Waals surface area contributed by atoms with Crippen molar-refractivity contribution in [3.05, 3.63) is 194 Å². The normalized spacial score (nSPS) is 12.0. The number of furan rings is 1. The molecule has 0 unspecified atom stereocenters. The van der Waals surface area contributed by atoms with Crippen LogP contribution >= 0.6 is 0 Å². The lowest BCUT2D eigenvalue weighted by atomic mass is 10.00. The van der Waals surface area contributed by atoms with Gasteiger partial charge in [-0.25, -0.2) is 0 Å². The summed E-state index contributed by atoms with van der Waals surface area (Å²) < 4.78 is 11.2. The molecule has 12 rings (SSSR count). The maximum absolute atomic E-state index is 6.38. The summed E-state index contributed by atoms with van der Waals surface area (Å²) >= 11 is 0. The van der Waals surface area contributed by atoms with Crippen LogP contribution in [-0.4, -0.2) is 9.13 Å². The molecule has 0 saturated carbocycles. The van der Waals surface area contributed by atoms with E-state index in [-0.39, 0.29) is 0 Å². The third kappa shape index (κ3) is 4.50. The number of aromatic nitrogens is 2. The zero-order valence-electron chi connectivity index (χ0n) is 29.8. The Morgan fingerprint density at radius 1 is 0.309 bits per heavy atom. The van der Waals surface area contributed by atoms with Crippen molar-refractivity contribution in [2.45, 2.75) is 0 Å². The molecule has 0 bridgehead atoms. The summed E-state index contributed by atoms with van der Waals surface area (Å²) in [6, 6.07) is 70.3. The van der Waals surface area contributed by atoms with Crippen LogP contribution in [0.25, 0.3) is 110 Å². The molecule has 0 amide bonds. The third-order valence-electron chi connectivity index (χ3n) is 11.5. The second kappa shape index (κ2) is 11.6. The van der Waals surface area contributed by atoms with Gasteiger partial charge in [0.1, 0.15) is 11.2 Å². The molecule has 0 fully saturated rings. The Kier molecular flexibility index (Phi) is 6.34. The average molecular weight is 701 g/mol. The van der Waals surface area contributed by atoms with Gasteiger partial charge in [0.2, 0.25) is 0 Å². The lowest BCUT2D eigenvalue weighted by Crippen LogP contribution is -1.94. The topological polar surface area (TPSA) is 23.0 Å². The van der Waals surface area contributed by atoms with Gasteiger partial charge >= 0.3 is 0 Å². The molecule has 0 atom stereocenters. The average Bonchev–Trinajstić information content (AvgIpc) is 3.90. The second-order valence-electron chi connectivity index (χ2n) is 14.5. The number of hydrogen-bond donors (Lipinski definition) is 0. The van der Waals surface area contributed by atoms with Crippen LogP contribution in [-0.2, 0) is 0 Å². The highest BCUT2D eigenvalue weighted by Crippen LogP contribution is 2.40. The van der Waals surface area contributed by atoms with Gasteiger partial charge < -0.3 is 13.6 Å². The minimum absolute atomic E-state index is 0.915. The van der Waals surface area contributed by atoms with Gasteiger partial charge in [-0.05, 0) is 100 Å². The highest BCUT2D eigenvalue weighted by molar-refractivity contribution is 6.15. The fraction of sp³-hybridized carbons (Fsp3) is 0. The van der Waals surface area contributed by atoms with Crippen LogP contribution < -0.4 is 0 Å². The van der Waals surface area contributed by atoms with Crippen LogP contribution in [0.4, 0.5) is 0 Å². The summed E-state index contributed by atoms with van der Waals surface area (Å²) in [6.07, 6.45) is 0. The maximum Gasteiger partial charge on any atom is 0.143 e. The van der Waals surface area contributed by atoms with E-state index >= 15 is 0 Å². The van der Waals surface area contributed by atoms with Crippen molar-refractivity contribution >= 4 is 76.3 Å². The molecular weight excluding hydrogens is 669 g/mol. The van der Waals surface area contributed by atoms with Crippen molar-refractivity contribution in [2.24, 2.45) is 0 Å². The van der Waals surface area contributed by atoms with Gasteiger partial charge in [-0.1, -0.05) is 121 Å².